The number of benzene rings is 8. The summed E-state index contributed by atoms with van der Waals surface area (Å²) in [5.41, 5.74) is 20.7. The minimum Gasteiger partial charge on any atom is -0.456 e. The van der Waals surface area contributed by atoms with Crippen LogP contribution >= 0.6 is 0 Å². The molecule has 0 aliphatic carbocycles. The van der Waals surface area contributed by atoms with E-state index < -0.39 is 0 Å². The second-order valence-corrected chi connectivity index (χ2v) is 14.8. The van der Waals surface area contributed by atoms with Crippen LogP contribution in [0.3, 0.4) is 0 Å². The molecule has 4 nitrogen and oxygen atoms in total. The highest BCUT2D eigenvalue weighted by Gasteiger charge is 2.51. The average Bonchev–Trinajstić information content (AvgIpc) is 3.62. The molecule has 0 N–H and O–H groups in total. The summed E-state index contributed by atoms with van der Waals surface area (Å²) in [5.74, 6) is 0. The highest BCUT2D eigenvalue weighted by molar-refractivity contribution is 7.04. The van der Waals surface area contributed by atoms with E-state index in [1.165, 1.54) is 72.6 Å². The molecule has 4 aliphatic rings. The number of anilines is 9. The van der Waals surface area contributed by atoms with Gasteiger partial charge in [0.1, 0.15) is 11.2 Å². The number of para-hydroxylation sites is 6. The fourth-order valence-corrected chi connectivity index (χ4v) is 10.2. The number of furan rings is 1. The van der Waals surface area contributed by atoms with Crippen LogP contribution in [0.5, 0.6) is 0 Å². The lowest BCUT2D eigenvalue weighted by Crippen LogP contribution is -2.68. The van der Waals surface area contributed by atoms with Gasteiger partial charge in [-0.2, -0.15) is 0 Å². The third-order valence-electron chi connectivity index (χ3n) is 12.2. The highest BCUT2D eigenvalue weighted by Crippen LogP contribution is 2.51. The van der Waals surface area contributed by atoms with Crippen LogP contribution in [-0.2, 0) is 0 Å². The van der Waals surface area contributed by atoms with Crippen molar-refractivity contribution >= 4 is 119 Å². The van der Waals surface area contributed by atoms with E-state index in [2.05, 4.69) is 191 Å². The zero-order chi connectivity index (χ0) is 35.1. The summed E-state index contributed by atoms with van der Waals surface area (Å²) < 4.78 is 6.52. The largest absolute Gasteiger partial charge is 0.456 e. The van der Waals surface area contributed by atoms with Crippen LogP contribution in [0.4, 0.5) is 51.2 Å². The monoisotopic (exact) mass is 685 g/mol. The van der Waals surface area contributed by atoms with Crippen LogP contribution in [0.2, 0.25) is 0 Å². The molecular formula is C48H29B2N3O. The first-order valence-corrected chi connectivity index (χ1v) is 18.8. The predicted molar refractivity (Wildman–Crippen MR) is 227 cm³/mol. The van der Waals surface area contributed by atoms with Gasteiger partial charge in [0.15, 0.2) is 0 Å². The summed E-state index contributed by atoms with van der Waals surface area (Å²) in [6.07, 6.45) is 0. The summed E-state index contributed by atoms with van der Waals surface area (Å²) in [6.45, 7) is 0.121. The minimum absolute atomic E-state index is 0.0498. The van der Waals surface area contributed by atoms with Gasteiger partial charge >= 0.3 is 0 Å². The zero-order valence-corrected chi connectivity index (χ0v) is 29.1. The quantitative estimate of drug-likeness (QED) is 0.171. The maximum Gasteiger partial charge on any atom is 0.252 e. The SMILES string of the molecule is c1ccc(N2c3ccccc3B3c4ccccc4N4c5ccccc5B5c6ccccc6N(c6cccc7oc8ccccc8c67)c6cc2c3c4c65)cc1. The molecule has 248 valence electrons. The Balaban J connectivity index is 1.23. The third kappa shape index (κ3) is 3.51. The molecular weight excluding hydrogens is 656 g/mol. The van der Waals surface area contributed by atoms with Crippen molar-refractivity contribution in [3.05, 3.63) is 176 Å². The molecule has 0 amide bonds. The molecule has 5 heterocycles. The zero-order valence-electron chi connectivity index (χ0n) is 29.1. The third-order valence-corrected chi connectivity index (χ3v) is 12.2. The van der Waals surface area contributed by atoms with Crippen LogP contribution in [0.15, 0.2) is 180 Å². The maximum atomic E-state index is 6.52. The fraction of sp³-hybridized carbons (Fsp3) is 0. The van der Waals surface area contributed by atoms with Gasteiger partial charge in [0, 0.05) is 50.9 Å². The van der Waals surface area contributed by atoms with E-state index >= 15 is 0 Å². The first-order valence-electron chi connectivity index (χ1n) is 18.8. The van der Waals surface area contributed by atoms with E-state index in [4.69, 9.17) is 4.42 Å². The van der Waals surface area contributed by atoms with Crippen molar-refractivity contribution in [2.24, 2.45) is 0 Å². The molecule has 4 aliphatic heterocycles. The summed E-state index contributed by atoms with van der Waals surface area (Å²) >= 11 is 0. The van der Waals surface area contributed by atoms with Gasteiger partial charge in [-0.05, 0) is 93.4 Å². The van der Waals surface area contributed by atoms with Crippen molar-refractivity contribution in [3.63, 3.8) is 0 Å². The van der Waals surface area contributed by atoms with Gasteiger partial charge in [-0.25, -0.2) is 0 Å². The number of hydrogen-bond acceptors (Lipinski definition) is 4. The highest BCUT2D eigenvalue weighted by atomic mass is 16.3. The molecule has 0 radical (unpaired) electrons. The van der Waals surface area contributed by atoms with Gasteiger partial charge in [-0.15, -0.1) is 0 Å². The standard InChI is InChI=1S/C48H29B2N3O/c1-2-15-30(16-3-1)51-36-22-9-5-18-32(36)49-34-20-7-11-24-38(34)53-39-25-12-8-21-35(39)50-33-19-6-10-23-37(33)52(42-29-41(51)46(49)48(53)47(42)50)40-26-14-28-44-45(40)31-17-4-13-27-43(31)54-44/h1-29H. The lowest BCUT2D eigenvalue weighted by molar-refractivity contribution is 0.669. The van der Waals surface area contributed by atoms with Crippen LogP contribution in [0, 0.1) is 0 Å². The Morgan fingerprint density at radius 2 is 0.815 bits per heavy atom. The molecule has 13 rings (SSSR count). The number of rotatable bonds is 2. The molecule has 6 heteroatoms. The van der Waals surface area contributed by atoms with Crippen molar-refractivity contribution in [1.82, 2.24) is 0 Å². The fourth-order valence-electron chi connectivity index (χ4n) is 10.2. The molecule has 54 heavy (non-hydrogen) atoms. The van der Waals surface area contributed by atoms with Crippen molar-refractivity contribution in [3.8, 4) is 0 Å². The molecule has 1 aromatic heterocycles. The van der Waals surface area contributed by atoms with Gasteiger partial charge < -0.3 is 19.1 Å². The molecule has 0 saturated heterocycles. The topological polar surface area (TPSA) is 22.9 Å². The van der Waals surface area contributed by atoms with E-state index in [-0.39, 0.29) is 13.4 Å². The summed E-state index contributed by atoms with van der Waals surface area (Å²) in [5, 5.41) is 2.25. The smallest absolute Gasteiger partial charge is 0.252 e. The first-order chi connectivity index (χ1) is 26.8. The summed E-state index contributed by atoms with van der Waals surface area (Å²) in [6, 6.07) is 64.6. The second kappa shape index (κ2) is 10.4. The Labute approximate surface area is 313 Å². The molecule has 0 fully saturated rings. The van der Waals surface area contributed by atoms with Crippen LogP contribution < -0.4 is 47.5 Å². The molecule has 0 saturated carbocycles. The van der Waals surface area contributed by atoms with E-state index in [0.29, 0.717) is 0 Å². The summed E-state index contributed by atoms with van der Waals surface area (Å²) in [7, 11) is 0. The van der Waals surface area contributed by atoms with Gasteiger partial charge in [0.25, 0.3) is 13.4 Å². The van der Waals surface area contributed by atoms with Gasteiger partial charge in [0.05, 0.1) is 11.1 Å². The number of fused-ring (bicyclic) bond motifs is 13. The van der Waals surface area contributed by atoms with E-state index in [1.54, 1.807) is 0 Å². The Hall–Kier alpha value is -6.91. The Kier molecular flexibility index (Phi) is 5.50. The predicted octanol–water partition coefficient (Wildman–Crippen LogP) is 8.28. The van der Waals surface area contributed by atoms with Crippen LogP contribution in [0.25, 0.3) is 21.9 Å². The van der Waals surface area contributed by atoms with Crippen molar-refractivity contribution in [1.29, 1.82) is 0 Å². The molecule has 0 spiro atoms. The molecule has 0 bridgehead atoms. The van der Waals surface area contributed by atoms with Crippen molar-refractivity contribution < 1.29 is 4.42 Å². The lowest BCUT2D eigenvalue weighted by Gasteiger charge is -2.51. The van der Waals surface area contributed by atoms with E-state index in [1.807, 2.05) is 0 Å². The van der Waals surface area contributed by atoms with Crippen LogP contribution in [-0.4, -0.2) is 13.4 Å². The number of hydrogen-bond donors (Lipinski definition) is 0. The van der Waals surface area contributed by atoms with Crippen LogP contribution in [0.1, 0.15) is 0 Å². The Morgan fingerprint density at radius 3 is 1.44 bits per heavy atom. The molecule has 0 atom stereocenters. The molecule has 9 aromatic rings. The van der Waals surface area contributed by atoms with Crippen molar-refractivity contribution in [2.45, 2.75) is 0 Å². The van der Waals surface area contributed by atoms with E-state index in [0.717, 1.165) is 33.3 Å². The average molecular weight is 685 g/mol. The van der Waals surface area contributed by atoms with Gasteiger partial charge in [-0.3, -0.25) is 0 Å². The second-order valence-electron chi connectivity index (χ2n) is 14.8. The first kappa shape index (κ1) is 28.6. The number of nitrogens with zero attached hydrogens (tertiary/aromatic N) is 3. The summed E-state index contributed by atoms with van der Waals surface area (Å²) in [4.78, 5) is 7.63. The minimum atomic E-state index is 0.0498. The van der Waals surface area contributed by atoms with E-state index in [9.17, 15) is 0 Å². The van der Waals surface area contributed by atoms with Crippen molar-refractivity contribution in [2.75, 3.05) is 14.7 Å². The normalized spacial score (nSPS) is 14.1. The van der Waals surface area contributed by atoms with Gasteiger partial charge in [-0.1, -0.05) is 115 Å². The molecule has 8 aromatic carbocycles. The Morgan fingerprint density at radius 1 is 0.352 bits per heavy atom. The molecule has 0 unspecified atom stereocenters. The Bertz CT molecular complexity index is 3040. The maximum absolute atomic E-state index is 6.52. The lowest BCUT2D eigenvalue weighted by atomic mass is 9.29. The van der Waals surface area contributed by atoms with Gasteiger partial charge in [0.2, 0.25) is 0 Å².